The summed E-state index contributed by atoms with van der Waals surface area (Å²) >= 11 is 3.39. The van der Waals surface area contributed by atoms with Crippen LogP contribution in [0.4, 0.5) is 4.79 Å². The van der Waals surface area contributed by atoms with Crippen LogP contribution in [0.25, 0.3) is 0 Å². The highest BCUT2D eigenvalue weighted by Crippen LogP contribution is 2.17. The first-order valence-electron chi connectivity index (χ1n) is 7.13. The van der Waals surface area contributed by atoms with Crippen LogP contribution in [0.3, 0.4) is 0 Å². The lowest BCUT2D eigenvalue weighted by Gasteiger charge is -2.15. The topological polar surface area (TPSA) is 83.4 Å². The quantitative estimate of drug-likeness (QED) is 0.721. The van der Waals surface area contributed by atoms with Gasteiger partial charge in [0.2, 0.25) is 5.91 Å². The Kier molecular flexibility index (Phi) is 6.22. The normalized spacial score (nSPS) is 11.6. The van der Waals surface area contributed by atoms with Crippen molar-refractivity contribution in [2.75, 3.05) is 6.54 Å². The Labute approximate surface area is 142 Å². The van der Waals surface area contributed by atoms with Crippen molar-refractivity contribution in [1.29, 1.82) is 0 Å². The van der Waals surface area contributed by atoms with Gasteiger partial charge in [0.25, 0.3) is 0 Å². The highest BCUT2D eigenvalue weighted by molar-refractivity contribution is 9.10. The second kappa shape index (κ2) is 8.38. The first-order chi connectivity index (χ1) is 11.0. The molecule has 1 aromatic heterocycles. The molecule has 2 aromatic rings. The summed E-state index contributed by atoms with van der Waals surface area (Å²) in [6.45, 7) is 2.07. The van der Waals surface area contributed by atoms with Gasteiger partial charge in [0.05, 0.1) is 25.4 Å². The van der Waals surface area contributed by atoms with E-state index in [1.807, 2.05) is 31.2 Å². The SMILES string of the molecule is CC(NC(=O)NCC(=O)NCc1ccco1)c1cccc(Br)c1. The zero-order valence-electron chi connectivity index (χ0n) is 12.6. The van der Waals surface area contributed by atoms with E-state index < -0.39 is 6.03 Å². The molecule has 1 aromatic carbocycles. The van der Waals surface area contributed by atoms with Crippen molar-refractivity contribution in [1.82, 2.24) is 16.0 Å². The van der Waals surface area contributed by atoms with Crippen LogP contribution in [0.2, 0.25) is 0 Å². The largest absolute Gasteiger partial charge is 0.467 e. The zero-order valence-corrected chi connectivity index (χ0v) is 14.2. The highest BCUT2D eigenvalue weighted by Gasteiger charge is 2.11. The number of urea groups is 1. The van der Waals surface area contributed by atoms with Crippen molar-refractivity contribution < 1.29 is 14.0 Å². The molecule has 122 valence electrons. The Hall–Kier alpha value is -2.28. The van der Waals surface area contributed by atoms with Crippen molar-refractivity contribution in [3.63, 3.8) is 0 Å². The molecule has 0 saturated carbocycles. The molecular formula is C16H18BrN3O3. The molecular weight excluding hydrogens is 362 g/mol. The molecule has 0 aliphatic heterocycles. The number of rotatable bonds is 6. The van der Waals surface area contributed by atoms with Gasteiger partial charge in [-0.25, -0.2) is 4.79 Å². The van der Waals surface area contributed by atoms with Crippen LogP contribution in [0.1, 0.15) is 24.3 Å². The standard InChI is InChI=1S/C16H18BrN3O3/c1-11(12-4-2-5-13(17)8-12)20-16(22)19-10-15(21)18-9-14-6-3-7-23-14/h2-8,11H,9-10H2,1H3,(H,18,21)(H2,19,20,22). The van der Waals surface area contributed by atoms with E-state index in [2.05, 4.69) is 31.9 Å². The van der Waals surface area contributed by atoms with Crippen LogP contribution in [-0.2, 0) is 11.3 Å². The summed E-state index contributed by atoms with van der Waals surface area (Å²) in [5.74, 6) is 0.373. The Balaban J connectivity index is 1.71. The summed E-state index contributed by atoms with van der Waals surface area (Å²) in [5, 5.41) is 7.95. The minimum Gasteiger partial charge on any atom is -0.467 e. The highest BCUT2D eigenvalue weighted by atomic mass is 79.9. The van der Waals surface area contributed by atoms with Crippen LogP contribution in [-0.4, -0.2) is 18.5 Å². The van der Waals surface area contributed by atoms with E-state index in [0.29, 0.717) is 12.3 Å². The van der Waals surface area contributed by atoms with E-state index in [4.69, 9.17) is 4.42 Å². The lowest BCUT2D eigenvalue weighted by atomic mass is 10.1. The molecule has 2 rings (SSSR count). The van der Waals surface area contributed by atoms with Gasteiger partial charge in [-0.05, 0) is 36.8 Å². The third-order valence-corrected chi connectivity index (χ3v) is 3.64. The zero-order chi connectivity index (χ0) is 16.7. The van der Waals surface area contributed by atoms with Gasteiger partial charge in [-0.15, -0.1) is 0 Å². The molecule has 0 fully saturated rings. The molecule has 1 unspecified atom stereocenters. The lowest BCUT2D eigenvalue weighted by Crippen LogP contribution is -2.42. The number of carbonyl (C=O) groups excluding carboxylic acids is 2. The molecule has 23 heavy (non-hydrogen) atoms. The van der Waals surface area contributed by atoms with E-state index in [1.165, 1.54) is 6.26 Å². The molecule has 7 heteroatoms. The Morgan fingerprint density at radius 3 is 2.74 bits per heavy atom. The van der Waals surface area contributed by atoms with Crippen molar-refractivity contribution in [3.05, 3.63) is 58.5 Å². The Morgan fingerprint density at radius 1 is 1.22 bits per heavy atom. The number of hydrogen-bond acceptors (Lipinski definition) is 3. The maximum absolute atomic E-state index is 11.8. The molecule has 6 nitrogen and oxygen atoms in total. The van der Waals surface area contributed by atoms with Crippen LogP contribution >= 0.6 is 15.9 Å². The van der Waals surface area contributed by atoms with Crippen LogP contribution in [0.15, 0.2) is 51.6 Å². The summed E-state index contributed by atoms with van der Waals surface area (Å²) in [5.41, 5.74) is 0.969. The number of benzene rings is 1. The average Bonchev–Trinajstić information content (AvgIpc) is 3.04. The summed E-state index contributed by atoms with van der Waals surface area (Å²) in [6, 6.07) is 10.6. The van der Waals surface area contributed by atoms with Crippen molar-refractivity contribution in [2.24, 2.45) is 0 Å². The fourth-order valence-electron chi connectivity index (χ4n) is 1.93. The summed E-state index contributed by atoms with van der Waals surface area (Å²) in [4.78, 5) is 23.5. The Bertz CT molecular complexity index is 658. The number of hydrogen-bond donors (Lipinski definition) is 3. The molecule has 0 radical (unpaired) electrons. The second-order valence-electron chi connectivity index (χ2n) is 4.96. The number of carbonyl (C=O) groups is 2. The lowest BCUT2D eigenvalue weighted by molar-refractivity contribution is -0.120. The third-order valence-electron chi connectivity index (χ3n) is 3.15. The van der Waals surface area contributed by atoms with E-state index in [1.54, 1.807) is 12.1 Å². The molecule has 3 amide bonds. The van der Waals surface area contributed by atoms with Crippen molar-refractivity contribution in [3.8, 4) is 0 Å². The predicted molar refractivity (Wildman–Crippen MR) is 89.6 cm³/mol. The predicted octanol–water partition coefficient (Wildman–Crippen LogP) is 2.72. The smallest absolute Gasteiger partial charge is 0.315 e. The summed E-state index contributed by atoms with van der Waals surface area (Å²) in [7, 11) is 0. The minimum atomic E-state index is -0.398. The molecule has 0 saturated heterocycles. The van der Waals surface area contributed by atoms with Gasteiger partial charge in [0, 0.05) is 4.47 Å². The molecule has 3 N–H and O–H groups in total. The summed E-state index contributed by atoms with van der Waals surface area (Å²) < 4.78 is 6.05. The van der Waals surface area contributed by atoms with Crippen LogP contribution in [0, 0.1) is 0 Å². The third kappa shape index (κ3) is 5.78. The van der Waals surface area contributed by atoms with Gasteiger partial charge < -0.3 is 20.4 Å². The fraction of sp³-hybridized carbons (Fsp3) is 0.250. The fourth-order valence-corrected chi connectivity index (χ4v) is 2.35. The van der Waals surface area contributed by atoms with E-state index in [9.17, 15) is 9.59 Å². The Morgan fingerprint density at radius 2 is 2.04 bits per heavy atom. The first-order valence-corrected chi connectivity index (χ1v) is 7.93. The first kappa shape index (κ1) is 17.1. The molecule has 0 spiro atoms. The average molecular weight is 380 g/mol. The van der Waals surface area contributed by atoms with Gasteiger partial charge in [-0.1, -0.05) is 28.1 Å². The van der Waals surface area contributed by atoms with E-state index in [0.717, 1.165) is 10.0 Å². The van der Waals surface area contributed by atoms with E-state index >= 15 is 0 Å². The van der Waals surface area contributed by atoms with Gasteiger partial charge in [-0.3, -0.25) is 4.79 Å². The number of nitrogens with one attached hydrogen (secondary N) is 3. The molecule has 0 bridgehead atoms. The second-order valence-corrected chi connectivity index (χ2v) is 5.88. The molecule has 1 heterocycles. The molecule has 0 aliphatic rings. The van der Waals surface area contributed by atoms with Crippen LogP contribution < -0.4 is 16.0 Å². The van der Waals surface area contributed by atoms with Crippen molar-refractivity contribution >= 4 is 27.9 Å². The molecule has 1 atom stereocenters. The maximum atomic E-state index is 11.8. The van der Waals surface area contributed by atoms with Gasteiger partial charge >= 0.3 is 6.03 Å². The van der Waals surface area contributed by atoms with Gasteiger partial charge in [0.15, 0.2) is 0 Å². The van der Waals surface area contributed by atoms with Crippen molar-refractivity contribution in [2.45, 2.75) is 19.5 Å². The number of halogens is 1. The molecule has 0 aliphatic carbocycles. The maximum Gasteiger partial charge on any atom is 0.315 e. The van der Waals surface area contributed by atoms with Crippen LogP contribution in [0.5, 0.6) is 0 Å². The van der Waals surface area contributed by atoms with Gasteiger partial charge in [-0.2, -0.15) is 0 Å². The number of furan rings is 1. The summed E-state index contributed by atoms with van der Waals surface area (Å²) in [6.07, 6.45) is 1.54. The minimum absolute atomic E-state index is 0.0995. The van der Waals surface area contributed by atoms with E-state index in [-0.39, 0.29) is 18.5 Å². The number of amides is 3. The monoisotopic (exact) mass is 379 g/mol. The van der Waals surface area contributed by atoms with Gasteiger partial charge in [0.1, 0.15) is 5.76 Å².